The maximum atomic E-state index is 8.57. The predicted octanol–water partition coefficient (Wildman–Crippen LogP) is -1.18. The number of aliphatic hydroxyl groups excluding tert-OH is 1. The average molecular weight is 157 g/mol. The second kappa shape index (κ2) is 3.20. The van der Waals surface area contributed by atoms with Crippen LogP contribution < -0.4 is 10.6 Å². The van der Waals surface area contributed by atoms with Crippen LogP contribution in [0, 0.1) is 0 Å². The Balaban J connectivity index is 2.60. The molecule has 0 aliphatic carbocycles. The number of nitrogens with zero attached hydrogens (tertiary/aromatic N) is 3. The van der Waals surface area contributed by atoms with E-state index in [1.807, 2.05) is 0 Å². The van der Waals surface area contributed by atoms with E-state index in [0.29, 0.717) is 12.5 Å². The molecule has 0 aliphatic heterocycles. The van der Waals surface area contributed by atoms with Crippen molar-refractivity contribution in [2.45, 2.75) is 0 Å². The molecule has 0 radical (unpaired) electrons. The van der Waals surface area contributed by atoms with E-state index in [2.05, 4.69) is 15.2 Å². The normalized spacial score (nSPS) is 10.0. The molecule has 0 fully saturated rings. The van der Waals surface area contributed by atoms with Gasteiger partial charge in [0.05, 0.1) is 6.61 Å². The molecule has 1 rings (SSSR count). The quantitative estimate of drug-likeness (QED) is 0.513. The van der Waals surface area contributed by atoms with Crippen molar-refractivity contribution < 1.29 is 5.11 Å². The molecule has 0 aromatic carbocycles. The van der Waals surface area contributed by atoms with E-state index in [9.17, 15) is 0 Å². The summed E-state index contributed by atoms with van der Waals surface area (Å²) >= 11 is 0. The van der Waals surface area contributed by atoms with Crippen molar-refractivity contribution in [3.63, 3.8) is 0 Å². The lowest BCUT2D eigenvalue weighted by Gasteiger charge is -2.11. The lowest BCUT2D eigenvalue weighted by molar-refractivity contribution is 0.303. The molecule has 6 nitrogen and oxygen atoms in total. The maximum absolute atomic E-state index is 8.57. The molecule has 0 amide bonds. The van der Waals surface area contributed by atoms with E-state index in [4.69, 9.17) is 10.8 Å². The van der Waals surface area contributed by atoms with Gasteiger partial charge in [-0.05, 0) is 0 Å². The van der Waals surface area contributed by atoms with Crippen LogP contribution in [0.2, 0.25) is 0 Å². The third kappa shape index (κ3) is 1.81. The van der Waals surface area contributed by atoms with E-state index >= 15 is 0 Å². The Morgan fingerprint density at radius 2 is 2.45 bits per heavy atom. The summed E-state index contributed by atoms with van der Waals surface area (Å²) < 4.78 is 0. The van der Waals surface area contributed by atoms with Crippen molar-refractivity contribution in [2.24, 2.45) is 0 Å². The number of rotatable bonds is 3. The summed E-state index contributed by atoms with van der Waals surface area (Å²) in [5.74, 6) is 0.779. The number of hydrogen-bond acceptors (Lipinski definition) is 5. The summed E-state index contributed by atoms with van der Waals surface area (Å²) in [5, 5.41) is 14.9. The zero-order valence-corrected chi connectivity index (χ0v) is 6.28. The second-order valence-corrected chi connectivity index (χ2v) is 2.17. The first-order valence-corrected chi connectivity index (χ1v) is 3.24. The molecule has 0 spiro atoms. The van der Waals surface area contributed by atoms with Gasteiger partial charge in [-0.25, -0.2) is 5.10 Å². The summed E-state index contributed by atoms with van der Waals surface area (Å²) in [6, 6.07) is 0. The highest BCUT2D eigenvalue weighted by molar-refractivity contribution is 5.32. The lowest BCUT2D eigenvalue weighted by atomic mass is 10.6. The van der Waals surface area contributed by atoms with Crippen molar-refractivity contribution in [3.8, 4) is 0 Å². The maximum Gasteiger partial charge on any atom is 0.246 e. The van der Waals surface area contributed by atoms with Gasteiger partial charge < -0.3 is 15.7 Å². The molecule has 0 bridgehead atoms. The first-order chi connectivity index (χ1) is 5.24. The summed E-state index contributed by atoms with van der Waals surface area (Å²) in [5.41, 5.74) is 5.29. The number of aromatic amines is 1. The van der Waals surface area contributed by atoms with Gasteiger partial charge in [0.25, 0.3) is 0 Å². The Labute approximate surface area is 64.0 Å². The number of H-pyrrole nitrogens is 1. The van der Waals surface area contributed by atoms with Crippen LogP contribution in [0.4, 0.5) is 11.9 Å². The molecule has 6 heteroatoms. The second-order valence-electron chi connectivity index (χ2n) is 2.17. The first kappa shape index (κ1) is 7.80. The number of likely N-dealkylation sites (N-methyl/N-ethyl adjacent to an activating group) is 1. The van der Waals surface area contributed by atoms with Crippen molar-refractivity contribution >= 4 is 11.9 Å². The molecule has 11 heavy (non-hydrogen) atoms. The van der Waals surface area contributed by atoms with Gasteiger partial charge in [-0.3, -0.25) is 0 Å². The van der Waals surface area contributed by atoms with Crippen LogP contribution in [0.15, 0.2) is 0 Å². The molecule has 0 aliphatic rings. The topological polar surface area (TPSA) is 91.1 Å². The average Bonchev–Trinajstić information content (AvgIpc) is 2.36. The first-order valence-electron chi connectivity index (χ1n) is 3.24. The van der Waals surface area contributed by atoms with E-state index in [1.54, 1.807) is 11.9 Å². The van der Waals surface area contributed by atoms with Crippen molar-refractivity contribution in [1.82, 2.24) is 15.2 Å². The van der Waals surface area contributed by atoms with E-state index < -0.39 is 0 Å². The fraction of sp³-hybridized carbons (Fsp3) is 0.600. The minimum Gasteiger partial charge on any atom is -0.395 e. The van der Waals surface area contributed by atoms with Crippen molar-refractivity contribution in [3.05, 3.63) is 0 Å². The van der Waals surface area contributed by atoms with Gasteiger partial charge in [-0.2, -0.15) is 4.98 Å². The minimum absolute atomic E-state index is 0.0743. The van der Waals surface area contributed by atoms with Crippen LogP contribution in [0.25, 0.3) is 0 Å². The SMILES string of the molecule is CN(CCO)c1n[nH]c(N)n1. The van der Waals surface area contributed by atoms with Crippen molar-refractivity contribution in [2.75, 3.05) is 30.8 Å². The molecule has 1 heterocycles. The Bertz CT molecular complexity index is 222. The monoisotopic (exact) mass is 157 g/mol. The minimum atomic E-state index is 0.0743. The van der Waals surface area contributed by atoms with Crippen LogP contribution in [-0.4, -0.2) is 40.5 Å². The van der Waals surface area contributed by atoms with Gasteiger partial charge in [0.2, 0.25) is 11.9 Å². The highest BCUT2D eigenvalue weighted by Crippen LogP contribution is 2.03. The third-order valence-corrected chi connectivity index (χ3v) is 1.27. The summed E-state index contributed by atoms with van der Waals surface area (Å²) in [6.07, 6.45) is 0. The molecule has 0 saturated carbocycles. The van der Waals surface area contributed by atoms with Crippen LogP contribution in [-0.2, 0) is 0 Å². The van der Waals surface area contributed by atoms with Gasteiger partial charge in [0.1, 0.15) is 0 Å². The molecule has 0 unspecified atom stereocenters. The number of hydrogen-bond donors (Lipinski definition) is 3. The fourth-order valence-electron chi connectivity index (χ4n) is 0.686. The Morgan fingerprint density at radius 1 is 1.73 bits per heavy atom. The van der Waals surface area contributed by atoms with Gasteiger partial charge in [-0.15, -0.1) is 5.10 Å². The zero-order chi connectivity index (χ0) is 8.27. The molecule has 1 aromatic rings. The van der Waals surface area contributed by atoms with Crippen LogP contribution in [0.3, 0.4) is 0 Å². The molecule has 0 atom stereocenters. The van der Waals surface area contributed by atoms with E-state index in [1.165, 1.54) is 0 Å². The van der Waals surface area contributed by atoms with Crippen molar-refractivity contribution in [1.29, 1.82) is 0 Å². The highest BCUT2D eigenvalue weighted by Gasteiger charge is 2.04. The Hall–Kier alpha value is -1.30. The summed E-state index contributed by atoms with van der Waals surface area (Å²) in [7, 11) is 1.78. The van der Waals surface area contributed by atoms with E-state index in [-0.39, 0.29) is 12.6 Å². The zero-order valence-electron chi connectivity index (χ0n) is 6.28. The number of nitrogens with one attached hydrogen (secondary N) is 1. The van der Waals surface area contributed by atoms with Crippen LogP contribution >= 0.6 is 0 Å². The van der Waals surface area contributed by atoms with Crippen LogP contribution in [0.5, 0.6) is 0 Å². The summed E-state index contributed by atoms with van der Waals surface area (Å²) in [4.78, 5) is 5.56. The third-order valence-electron chi connectivity index (χ3n) is 1.27. The van der Waals surface area contributed by atoms with Gasteiger partial charge >= 0.3 is 0 Å². The highest BCUT2D eigenvalue weighted by atomic mass is 16.3. The number of aromatic nitrogens is 3. The van der Waals surface area contributed by atoms with Gasteiger partial charge in [0.15, 0.2) is 0 Å². The smallest absolute Gasteiger partial charge is 0.246 e. The number of aliphatic hydroxyl groups is 1. The van der Waals surface area contributed by atoms with Gasteiger partial charge in [-0.1, -0.05) is 0 Å². The lowest BCUT2D eigenvalue weighted by Crippen LogP contribution is -2.22. The molecule has 1 aromatic heterocycles. The largest absolute Gasteiger partial charge is 0.395 e. The van der Waals surface area contributed by atoms with E-state index in [0.717, 1.165) is 0 Å². The molecule has 62 valence electrons. The molecule has 4 N–H and O–H groups in total. The molecular formula is C5H11N5O. The number of nitrogen functional groups attached to an aromatic ring is 1. The molecular weight excluding hydrogens is 146 g/mol. The Morgan fingerprint density at radius 3 is 2.91 bits per heavy atom. The Kier molecular flexibility index (Phi) is 2.27. The van der Waals surface area contributed by atoms with Crippen LogP contribution in [0.1, 0.15) is 0 Å². The number of nitrogens with two attached hydrogens (primary N) is 1. The number of anilines is 2. The summed E-state index contributed by atoms with van der Waals surface area (Å²) in [6.45, 7) is 0.572. The predicted molar refractivity (Wildman–Crippen MR) is 41.2 cm³/mol. The standard InChI is InChI=1S/C5H11N5O/c1-10(2-3-11)5-7-4(6)8-9-5/h11H,2-3H2,1H3,(H3,6,7,8,9). The fourth-order valence-corrected chi connectivity index (χ4v) is 0.686. The molecule has 0 saturated heterocycles. The van der Waals surface area contributed by atoms with Gasteiger partial charge in [0, 0.05) is 13.6 Å².